The molecule has 194 valence electrons. The zero-order valence-corrected chi connectivity index (χ0v) is 20.7. The van der Waals surface area contributed by atoms with Crippen LogP contribution in [0.2, 0.25) is 0 Å². The lowest BCUT2D eigenvalue weighted by Crippen LogP contribution is -2.55. The SMILES string of the molecule is COc1cc(-c2nnc3n2CCCC3(Oc2ccc(F)c(F)c2)C(C)(C)O)c(F)cc1-c1cnc(C)o1. The van der Waals surface area contributed by atoms with Gasteiger partial charge in [0.15, 0.2) is 40.5 Å². The van der Waals surface area contributed by atoms with Crippen molar-refractivity contribution in [1.29, 1.82) is 0 Å². The third-order valence-corrected chi connectivity index (χ3v) is 6.61. The Hall–Kier alpha value is -3.86. The fourth-order valence-corrected chi connectivity index (χ4v) is 4.73. The number of halogens is 3. The second-order valence-corrected chi connectivity index (χ2v) is 9.44. The highest BCUT2D eigenvalue weighted by atomic mass is 19.2. The van der Waals surface area contributed by atoms with Crippen LogP contribution in [0, 0.1) is 24.4 Å². The molecule has 8 nitrogen and oxygen atoms in total. The summed E-state index contributed by atoms with van der Waals surface area (Å²) in [6.07, 6.45) is 2.31. The summed E-state index contributed by atoms with van der Waals surface area (Å²) in [6.45, 7) is 5.17. The van der Waals surface area contributed by atoms with Gasteiger partial charge in [0.1, 0.15) is 22.9 Å². The van der Waals surface area contributed by atoms with Gasteiger partial charge < -0.3 is 23.6 Å². The predicted octanol–water partition coefficient (Wildman–Crippen LogP) is 5.17. The zero-order valence-electron chi connectivity index (χ0n) is 20.7. The number of fused-ring (bicyclic) bond motifs is 1. The second-order valence-electron chi connectivity index (χ2n) is 9.44. The smallest absolute Gasteiger partial charge is 0.196 e. The van der Waals surface area contributed by atoms with Crippen molar-refractivity contribution < 1.29 is 32.2 Å². The molecule has 0 bridgehead atoms. The number of aliphatic hydroxyl groups is 1. The van der Waals surface area contributed by atoms with Crippen LogP contribution in [0.5, 0.6) is 11.5 Å². The van der Waals surface area contributed by atoms with E-state index in [1.54, 1.807) is 11.5 Å². The maximum atomic E-state index is 15.5. The maximum Gasteiger partial charge on any atom is 0.196 e. The molecule has 0 saturated heterocycles. The number of hydrogen-bond acceptors (Lipinski definition) is 7. The van der Waals surface area contributed by atoms with Crippen molar-refractivity contribution in [3.05, 3.63) is 65.7 Å². The number of benzene rings is 2. The molecule has 2 aromatic carbocycles. The molecule has 2 aromatic heterocycles. The van der Waals surface area contributed by atoms with Gasteiger partial charge in [-0.25, -0.2) is 18.2 Å². The lowest BCUT2D eigenvalue weighted by Gasteiger charge is -2.44. The molecule has 1 aliphatic rings. The second kappa shape index (κ2) is 8.91. The van der Waals surface area contributed by atoms with Crippen molar-refractivity contribution in [1.82, 2.24) is 19.7 Å². The topological polar surface area (TPSA) is 95.4 Å². The summed E-state index contributed by atoms with van der Waals surface area (Å²) in [5, 5.41) is 19.8. The maximum absolute atomic E-state index is 15.5. The monoisotopic (exact) mass is 514 g/mol. The summed E-state index contributed by atoms with van der Waals surface area (Å²) in [5.74, 6) is -1.13. The van der Waals surface area contributed by atoms with Gasteiger partial charge in [0.25, 0.3) is 0 Å². The van der Waals surface area contributed by atoms with E-state index in [9.17, 15) is 13.9 Å². The number of aromatic nitrogens is 4. The third-order valence-electron chi connectivity index (χ3n) is 6.61. The van der Waals surface area contributed by atoms with Crippen LogP contribution in [0.25, 0.3) is 22.7 Å². The summed E-state index contributed by atoms with van der Waals surface area (Å²) >= 11 is 0. The largest absolute Gasteiger partial charge is 0.496 e. The van der Waals surface area contributed by atoms with E-state index >= 15 is 4.39 Å². The molecule has 0 amide bonds. The Bertz CT molecular complexity index is 1480. The van der Waals surface area contributed by atoms with Crippen LogP contribution in [0.15, 0.2) is 40.9 Å². The minimum absolute atomic E-state index is 0.0126. The predicted molar refractivity (Wildman–Crippen MR) is 126 cm³/mol. The van der Waals surface area contributed by atoms with E-state index in [0.717, 1.165) is 12.1 Å². The van der Waals surface area contributed by atoms with Gasteiger partial charge in [0.05, 0.1) is 24.4 Å². The van der Waals surface area contributed by atoms with Gasteiger partial charge in [-0.1, -0.05) is 0 Å². The highest BCUT2D eigenvalue weighted by Crippen LogP contribution is 2.45. The third kappa shape index (κ3) is 4.12. The molecule has 5 rings (SSSR count). The van der Waals surface area contributed by atoms with E-state index in [2.05, 4.69) is 15.2 Å². The van der Waals surface area contributed by atoms with Gasteiger partial charge in [0, 0.05) is 19.5 Å². The van der Waals surface area contributed by atoms with Crippen molar-refractivity contribution in [2.45, 2.75) is 51.4 Å². The molecule has 0 saturated carbocycles. The molecule has 1 N–H and O–H groups in total. The van der Waals surface area contributed by atoms with E-state index in [1.165, 1.54) is 45.4 Å². The van der Waals surface area contributed by atoms with Crippen LogP contribution in [0.3, 0.4) is 0 Å². The Morgan fingerprint density at radius 1 is 1.05 bits per heavy atom. The lowest BCUT2D eigenvalue weighted by molar-refractivity contribution is -0.137. The molecular formula is C26H25F3N4O4. The average molecular weight is 515 g/mol. The number of rotatable bonds is 6. The molecule has 4 aromatic rings. The molecule has 3 heterocycles. The Morgan fingerprint density at radius 3 is 2.49 bits per heavy atom. The van der Waals surface area contributed by atoms with Gasteiger partial charge in [-0.3, -0.25) is 0 Å². The first kappa shape index (κ1) is 24.8. The quantitative estimate of drug-likeness (QED) is 0.379. The highest BCUT2D eigenvalue weighted by molar-refractivity contribution is 5.72. The van der Waals surface area contributed by atoms with Gasteiger partial charge in [0.2, 0.25) is 0 Å². The van der Waals surface area contributed by atoms with E-state index in [-0.39, 0.29) is 23.0 Å². The van der Waals surface area contributed by atoms with E-state index in [1.807, 2.05) is 0 Å². The highest BCUT2D eigenvalue weighted by Gasteiger charge is 2.53. The minimum atomic E-state index is -1.52. The molecule has 0 aliphatic carbocycles. The molecule has 1 atom stereocenters. The number of hydrogen-bond donors (Lipinski definition) is 1. The summed E-state index contributed by atoms with van der Waals surface area (Å²) in [5.41, 5.74) is -2.49. The summed E-state index contributed by atoms with van der Waals surface area (Å²) in [7, 11) is 1.46. The fraction of sp³-hybridized carbons (Fsp3) is 0.346. The molecule has 1 unspecified atom stereocenters. The van der Waals surface area contributed by atoms with Crippen molar-refractivity contribution in [2.75, 3.05) is 7.11 Å². The minimum Gasteiger partial charge on any atom is -0.496 e. The van der Waals surface area contributed by atoms with Crippen LogP contribution in [0.4, 0.5) is 13.2 Å². The van der Waals surface area contributed by atoms with Crippen molar-refractivity contribution in [2.24, 2.45) is 0 Å². The number of nitrogens with zero attached hydrogens (tertiary/aromatic N) is 4. The fourth-order valence-electron chi connectivity index (χ4n) is 4.73. The van der Waals surface area contributed by atoms with Gasteiger partial charge in [-0.2, -0.15) is 0 Å². The zero-order chi connectivity index (χ0) is 26.5. The molecule has 11 heteroatoms. The van der Waals surface area contributed by atoms with E-state index in [4.69, 9.17) is 13.9 Å². The molecule has 0 fully saturated rings. The molecule has 37 heavy (non-hydrogen) atoms. The van der Waals surface area contributed by atoms with Crippen molar-refractivity contribution >= 4 is 0 Å². The standard InChI is InChI=1S/C26H25F3N4O4/c1-14-30-13-22(36-14)17-11-19(28)16(12-21(17)35-4)23-31-32-24-26(25(2,3)34,8-5-9-33(23)24)37-15-6-7-18(27)20(29)10-15/h6-7,10-13,34H,5,8-9H2,1-4H3. The molecule has 1 aliphatic heterocycles. The normalized spacial score (nSPS) is 17.5. The van der Waals surface area contributed by atoms with Crippen LogP contribution < -0.4 is 9.47 Å². The van der Waals surface area contributed by atoms with Crippen LogP contribution >= 0.6 is 0 Å². The average Bonchev–Trinajstić information content (AvgIpc) is 3.47. The Balaban J connectivity index is 1.62. The Morgan fingerprint density at radius 2 is 1.84 bits per heavy atom. The van der Waals surface area contributed by atoms with Crippen LogP contribution in [-0.2, 0) is 12.1 Å². The Labute approximate surface area is 210 Å². The van der Waals surface area contributed by atoms with Gasteiger partial charge in [-0.05, 0) is 51.0 Å². The van der Waals surface area contributed by atoms with Gasteiger partial charge >= 0.3 is 0 Å². The van der Waals surface area contributed by atoms with Crippen molar-refractivity contribution in [3.8, 4) is 34.2 Å². The van der Waals surface area contributed by atoms with E-state index in [0.29, 0.717) is 42.4 Å². The van der Waals surface area contributed by atoms with Crippen LogP contribution in [-0.4, -0.2) is 37.6 Å². The Kier molecular flexibility index (Phi) is 5.98. The number of oxazole rings is 1. The van der Waals surface area contributed by atoms with Gasteiger partial charge in [-0.15, -0.1) is 10.2 Å². The summed E-state index contributed by atoms with van der Waals surface area (Å²) in [4.78, 5) is 4.06. The number of ether oxygens (including phenoxy) is 2. The summed E-state index contributed by atoms with van der Waals surface area (Å²) in [6, 6.07) is 5.90. The first-order valence-corrected chi connectivity index (χ1v) is 11.6. The lowest BCUT2D eigenvalue weighted by atomic mass is 9.79. The number of aryl methyl sites for hydroxylation is 1. The van der Waals surface area contributed by atoms with E-state index < -0.39 is 28.7 Å². The molecular weight excluding hydrogens is 489 g/mol. The van der Waals surface area contributed by atoms with Crippen molar-refractivity contribution in [3.63, 3.8) is 0 Å². The molecule has 0 spiro atoms. The molecule has 0 radical (unpaired) electrons. The number of methoxy groups -OCH3 is 1. The first-order valence-electron chi connectivity index (χ1n) is 11.6. The first-order chi connectivity index (χ1) is 17.5. The summed E-state index contributed by atoms with van der Waals surface area (Å²) < 4.78 is 61.8. The van der Waals surface area contributed by atoms with Crippen LogP contribution in [0.1, 0.15) is 38.4 Å².